The summed E-state index contributed by atoms with van der Waals surface area (Å²) in [5, 5.41) is 8.85. The lowest BCUT2D eigenvalue weighted by molar-refractivity contribution is -0.137. The van der Waals surface area contributed by atoms with Crippen molar-refractivity contribution in [2.45, 2.75) is 26.2 Å². The second-order valence-corrected chi connectivity index (χ2v) is 7.73. The van der Waals surface area contributed by atoms with Crippen LogP contribution < -0.4 is 0 Å². The number of hydrogen-bond donors (Lipinski definition) is 0. The second-order valence-electron chi connectivity index (χ2n) is 7.33. The maximum absolute atomic E-state index is 14.1. The fourth-order valence-electron chi connectivity index (χ4n) is 3.84. The van der Waals surface area contributed by atoms with Gasteiger partial charge in [0.2, 0.25) is 0 Å². The maximum atomic E-state index is 14.1. The molecule has 1 aromatic heterocycles. The Balaban J connectivity index is 1.96. The van der Waals surface area contributed by atoms with Gasteiger partial charge >= 0.3 is 6.18 Å². The number of likely N-dealkylation sites (N-methyl/N-ethyl adjacent to an activating group) is 1. The van der Waals surface area contributed by atoms with Gasteiger partial charge in [0.1, 0.15) is 6.54 Å². The average molecular weight is 460 g/mol. The average Bonchev–Trinajstić information content (AvgIpc) is 3.08. The van der Waals surface area contributed by atoms with Gasteiger partial charge in [0.15, 0.2) is 11.6 Å². The van der Waals surface area contributed by atoms with Crippen molar-refractivity contribution in [1.82, 2.24) is 19.7 Å². The van der Waals surface area contributed by atoms with Crippen LogP contribution in [0.25, 0.3) is 5.69 Å². The Bertz CT molecular complexity index is 1180. The number of aliphatic imine (C=N–C) groups is 1. The lowest BCUT2D eigenvalue weighted by atomic mass is 9.95. The maximum Gasteiger partial charge on any atom is 0.417 e. The molecule has 0 unspecified atom stereocenters. The zero-order valence-electron chi connectivity index (χ0n) is 17.4. The number of rotatable bonds is 6. The molecule has 4 rings (SSSR count). The summed E-state index contributed by atoms with van der Waals surface area (Å²) in [5.74, 6) is 1.01. The molecule has 0 radical (unpaired) electrons. The first-order chi connectivity index (χ1) is 15.3. The lowest BCUT2D eigenvalue weighted by Crippen LogP contribution is -2.25. The third-order valence-corrected chi connectivity index (χ3v) is 5.66. The minimum Gasteiger partial charge on any atom is -0.293 e. The van der Waals surface area contributed by atoms with Crippen LogP contribution in [0.15, 0.2) is 60.1 Å². The highest BCUT2D eigenvalue weighted by atomic mass is 35.5. The van der Waals surface area contributed by atoms with Crippen LogP contribution in [0.3, 0.4) is 0 Å². The molecule has 166 valence electrons. The van der Waals surface area contributed by atoms with Gasteiger partial charge in [-0.1, -0.05) is 48.9 Å². The topological polar surface area (TPSA) is 46.3 Å². The zero-order valence-corrected chi connectivity index (χ0v) is 18.2. The van der Waals surface area contributed by atoms with Gasteiger partial charge in [-0.05, 0) is 24.7 Å². The summed E-state index contributed by atoms with van der Waals surface area (Å²) in [4.78, 5) is 6.61. The summed E-state index contributed by atoms with van der Waals surface area (Å²) in [6.07, 6.45) is -2.80. The molecule has 2 aromatic carbocycles. The quantitative estimate of drug-likeness (QED) is 0.470. The Morgan fingerprint density at radius 1 is 1.16 bits per heavy atom. The summed E-state index contributed by atoms with van der Waals surface area (Å²) >= 11 is 6.37. The third kappa shape index (κ3) is 4.08. The standard InChI is InChI=1S/C23H21ClF3N5/c1-3-12-31(4-2)14-20-30-29-19-13-28-22(15-8-5-6-10-17(15)24)21-16(23(25,26)27)9-7-11-18(21)32(19)20/h3,5-11H,1,4,12-14H2,2H3. The largest absolute Gasteiger partial charge is 0.417 e. The molecule has 0 aliphatic carbocycles. The highest BCUT2D eigenvalue weighted by Gasteiger charge is 2.38. The summed E-state index contributed by atoms with van der Waals surface area (Å²) in [6.45, 7) is 7.60. The summed E-state index contributed by atoms with van der Waals surface area (Å²) < 4.78 is 44.0. The van der Waals surface area contributed by atoms with Gasteiger partial charge in [-0.3, -0.25) is 14.5 Å². The van der Waals surface area contributed by atoms with Crippen LogP contribution in [-0.2, 0) is 19.3 Å². The SMILES string of the molecule is C=CCN(CC)Cc1nnc2n1-c1cccc(C(F)(F)F)c1C(c1ccccc1Cl)=NC2. The van der Waals surface area contributed by atoms with Crippen molar-refractivity contribution in [3.05, 3.63) is 88.5 Å². The van der Waals surface area contributed by atoms with Crippen LogP contribution >= 0.6 is 11.6 Å². The normalized spacial score (nSPS) is 13.4. The Labute approximate surface area is 188 Å². The van der Waals surface area contributed by atoms with E-state index in [0.29, 0.717) is 41.0 Å². The number of nitrogens with zero attached hydrogens (tertiary/aromatic N) is 5. The Morgan fingerprint density at radius 2 is 1.94 bits per heavy atom. The number of alkyl halides is 3. The lowest BCUT2D eigenvalue weighted by Gasteiger charge is -2.21. The molecule has 0 amide bonds. The van der Waals surface area contributed by atoms with E-state index in [9.17, 15) is 13.2 Å². The van der Waals surface area contributed by atoms with Crippen molar-refractivity contribution in [3.8, 4) is 5.69 Å². The summed E-state index contributed by atoms with van der Waals surface area (Å²) in [5.41, 5.74) is 0.155. The molecule has 2 heterocycles. The van der Waals surface area contributed by atoms with Crippen molar-refractivity contribution in [2.75, 3.05) is 13.1 Å². The molecule has 0 N–H and O–H groups in total. The fraction of sp³-hybridized carbons (Fsp3) is 0.261. The number of fused-ring (bicyclic) bond motifs is 3. The van der Waals surface area contributed by atoms with Crippen molar-refractivity contribution in [1.29, 1.82) is 0 Å². The molecule has 32 heavy (non-hydrogen) atoms. The molecule has 1 aliphatic heterocycles. The van der Waals surface area contributed by atoms with E-state index in [-0.39, 0.29) is 17.8 Å². The van der Waals surface area contributed by atoms with Gasteiger partial charge in [0.05, 0.1) is 23.5 Å². The number of benzene rings is 2. The minimum atomic E-state index is -4.58. The van der Waals surface area contributed by atoms with E-state index in [4.69, 9.17) is 11.6 Å². The van der Waals surface area contributed by atoms with Crippen LogP contribution in [-0.4, -0.2) is 38.5 Å². The predicted octanol–water partition coefficient (Wildman–Crippen LogP) is 5.30. The number of hydrogen-bond acceptors (Lipinski definition) is 4. The van der Waals surface area contributed by atoms with Crippen molar-refractivity contribution in [3.63, 3.8) is 0 Å². The molecule has 0 fully saturated rings. The highest BCUT2D eigenvalue weighted by Crippen LogP contribution is 2.38. The Hall–Kier alpha value is -2.97. The van der Waals surface area contributed by atoms with E-state index < -0.39 is 11.7 Å². The monoisotopic (exact) mass is 459 g/mol. The minimum absolute atomic E-state index is 0.0281. The molecule has 5 nitrogen and oxygen atoms in total. The van der Waals surface area contributed by atoms with E-state index in [1.54, 1.807) is 41.0 Å². The van der Waals surface area contributed by atoms with Crippen molar-refractivity contribution in [2.24, 2.45) is 4.99 Å². The summed E-state index contributed by atoms with van der Waals surface area (Å²) in [6, 6.07) is 10.9. The van der Waals surface area contributed by atoms with Gasteiger partial charge in [0, 0.05) is 22.7 Å². The van der Waals surface area contributed by atoms with E-state index in [1.807, 2.05) is 6.92 Å². The molecule has 0 saturated carbocycles. The molecule has 1 aliphatic rings. The first-order valence-electron chi connectivity index (χ1n) is 10.1. The molecule has 0 spiro atoms. The molecular weight excluding hydrogens is 439 g/mol. The van der Waals surface area contributed by atoms with Gasteiger partial charge in [-0.25, -0.2) is 0 Å². The van der Waals surface area contributed by atoms with Crippen LogP contribution in [0, 0.1) is 0 Å². The van der Waals surface area contributed by atoms with Gasteiger partial charge in [-0.2, -0.15) is 13.2 Å². The third-order valence-electron chi connectivity index (χ3n) is 5.33. The van der Waals surface area contributed by atoms with Gasteiger partial charge in [0.25, 0.3) is 0 Å². The Kier molecular flexibility index (Phi) is 6.17. The van der Waals surface area contributed by atoms with E-state index in [0.717, 1.165) is 12.6 Å². The van der Waals surface area contributed by atoms with Crippen LogP contribution in [0.4, 0.5) is 13.2 Å². The Morgan fingerprint density at radius 3 is 2.62 bits per heavy atom. The van der Waals surface area contributed by atoms with Crippen LogP contribution in [0.1, 0.15) is 35.3 Å². The second kappa shape index (κ2) is 8.88. The first-order valence-corrected chi connectivity index (χ1v) is 10.5. The number of halogens is 4. The van der Waals surface area contributed by atoms with Crippen LogP contribution in [0.2, 0.25) is 5.02 Å². The van der Waals surface area contributed by atoms with Crippen molar-refractivity contribution >= 4 is 17.3 Å². The van der Waals surface area contributed by atoms with Crippen molar-refractivity contribution < 1.29 is 13.2 Å². The molecular formula is C23H21ClF3N5. The van der Waals surface area contributed by atoms with Crippen LogP contribution in [0.5, 0.6) is 0 Å². The van der Waals surface area contributed by atoms with E-state index in [1.165, 1.54) is 6.07 Å². The molecule has 0 bridgehead atoms. The molecule has 0 atom stereocenters. The highest BCUT2D eigenvalue weighted by molar-refractivity contribution is 6.35. The number of aromatic nitrogens is 3. The van der Waals surface area contributed by atoms with E-state index in [2.05, 4.69) is 26.7 Å². The summed E-state index contributed by atoms with van der Waals surface area (Å²) in [7, 11) is 0. The molecule has 3 aromatic rings. The zero-order chi connectivity index (χ0) is 22.9. The van der Waals surface area contributed by atoms with Gasteiger partial charge < -0.3 is 0 Å². The predicted molar refractivity (Wildman–Crippen MR) is 118 cm³/mol. The molecule has 9 heteroatoms. The smallest absolute Gasteiger partial charge is 0.293 e. The molecule has 0 saturated heterocycles. The van der Waals surface area contributed by atoms with Gasteiger partial charge in [-0.15, -0.1) is 16.8 Å². The first kappa shape index (κ1) is 22.2. The van der Waals surface area contributed by atoms with E-state index >= 15 is 0 Å². The fourth-order valence-corrected chi connectivity index (χ4v) is 4.06.